The second-order valence-corrected chi connectivity index (χ2v) is 11.4. The standard InChI is InChI=1S/C30H29F3N2O7/c1-28(2,3)42-27(38)35-16-29(13-21(35)26(37)39-4)14-22(36)23-19-12-18(40-15-17-8-6-5-7-9-17)10-11-20(19)34-25(24(23)41-29)30(31,32)33/h5-12,21H,13-16H2,1-4H3. The highest BCUT2D eigenvalue weighted by atomic mass is 19.4. The summed E-state index contributed by atoms with van der Waals surface area (Å²) in [5.74, 6) is -1.89. The lowest BCUT2D eigenvalue weighted by molar-refractivity contribution is -0.146. The second-order valence-electron chi connectivity index (χ2n) is 11.4. The molecule has 222 valence electrons. The van der Waals surface area contributed by atoms with Crippen molar-refractivity contribution < 1.29 is 46.5 Å². The van der Waals surface area contributed by atoms with Gasteiger partial charge >= 0.3 is 18.2 Å². The predicted molar refractivity (Wildman–Crippen MR) is 143 cm³/mol. The summed E-state index contributed by atoms with van der Waals surface area (Å²) < 4.78 is 65.0. The Balaban J connectivity index is 1.56. The van der Waals surface area contributed by atoms with E-state index >= 15 is 0 Å². The number of carbonyl (C=O) groups excluding carboxylic acids is 3. The van der Waals surface area contributed by atoms with Gasteiger partial charge in [-0.25, -0.2) is 14.6 Å². The Morgan fingerprint density at radius 1 is 1.12 bits per heavy atom. The number of carbonyl (C=O) groups is 3. The zero-order chi connectivity index (χ0) is 30.4. The normalized spacial score (nSPS) is 20.3. The molecule has 0 radical (unpaired) electrons. The summed E-state index contributed by atoms with van der Waals surface area (Å²) in [6.45, 7) is 4.72. The first-order valence-corrected chi connectivity index (χ1v) is 13.2. The van der Waals surface area contributed by atoms with Crippen LogP contribution in [-0.4, -0.2) is 58.6 Å². The van der Waals surface area contributed by atoms with Gasteiger partial charge in [-0.3, -0.25) is 9.69 Å². The summed E-state index contributed by atoms with van der Waals surface area (Å²) in [6, 6.07) is 12.3. The fourth-order valence-electron chi connectivity index (χ4n) is 5.27. The SMILES string of the molecule is COC(=O)C1CC2(CC(=O)c3c(c(C(F)(F)F)nc4ccc(OCc5ccccc5)cc34)O2)CN1C(=O)OC(C)(C)C. The molecular weight excluding hydrogens is 557 g/mol. The Bertz CT molecular complexity index is 1550. The van der Waals surface area contributed by atoms with Crippen LogP contribution in [0.4, 0.5) is 18.0 Å². The van der Waals surface area contributed by atoms with Crippen LogP contribution in [0.1, 0.15) is 55.2 Å². The molecule has 1 saturated heterocycles. The number of likely N-dealkylation sites (tertiary alicyclic amines) is 1. The third kappa shape index (κ3) is 5.70. The molecule has 1 spiro atoms. The van der Waals surface area contributed by atoms with E-state index in [-0.39, 0.29) is 36.0 Å². The lowest BCUT2D eigenvalue weighted by Crippen LogP contribution is -2.47. The van der Waals surface area contributed by atoms with E-state index in [0.29, 0.717) is 5.75 Å². The van der Waals surface area contributed by atoms with Gasteiger partial charge in [0.1, 0.15) is 29.6 Å². The number of ketones is 1. The van der Waals surface area contributed by atoms with E-state index < -0.39 is 59.1 Å². The first-order chi connectivity index (χ1) is 19.7. The van der Waals surface area contributed by atoms with Crippen LogP contribution in [0, 0.1) is 0 Å². The smallest absolute Gasteiger partial charge is 0.437 e. The first-order valence-electron chi connectivity index (χ1n) is 13.2. The summed E-state index contributed by atoms with van der Waals surface area (Å²) in [5, 5.41) is 0.134. The lowest BCUT2D eigenvalue weighted by Gasteiger charge is -2.36. The third-order valence-corrected chi connectivity index (χ3v) is 7.01. The van der Waals surface area contributed by atoms with Crippen LogP contribution in [-0.2, 0) is 27.1 Å². The Morgan fingerprint density at radius 2 is 1.83 bits per heavy atom. The molecule has 9 nitrogen and oxygen atoms in total. The Morgan fingerprint density at radius 3 is 2.48 bits per heavy atom. The molecule has 2 unspecified atom stereocenters. The van der Waals surface area contributed by atoms with Gasteiger partial charge in [0.15, 0.2) is 17.2 Å². The van der Waals surface area contributed by atoms with Gasteiger partial charge in [0.05, 0.1) is 31.2 Å². The number of pyridine rings is 1. The largest absolute Gasteiger partial charge is 0.489 e. The van der Waals surface area contributed by atoms with Crippen molar-refractivity contribution in [1.82, 2.24) is 9.88 Å². The number of alkyl halides is 3. The molecule has 2 atom stereocenters. The molecule has 42 heavy (non-hydrogen) atoms. The predicted octanol–water partition coefficient (Wildman–Crippen LogP) is 5.72. The molecule has 1 fully saturated rings. The van der Waals surface area contributed by atoms with Crippen molar-refractivity contribution in [2.45, 2.75) is 63.6 Å². The number of nitrogens with zero attached hydrogens (tertiary/aromatic N) is 2. The molecular formula is C30H29F3N2O7. The van der Waals surface area contributed by atoms with Crippen molar-refractivity contribution in [2.24, 2.45) is 0 Å². The van der Waals surface area contributed by atoms with E-state index in [2.05, 4.69) is 4.98 Å². The van der Waals surface area contributed by atoms with E-state index in [0.717, 1.165) is 17.6 Å². The summed E-state index contributed by atoms with van der Waals surface area (Å²) in [5.41, 5.74) is -3.40. The van der Waals surface area contributed by atoms with Gasteiger partial charge in [0.2, 0.25) is 0 Å². The number of ether oxygens (including phenoxy) is 4. The summed E-state index contributed by atoms with van der Waals surface area (Å²) in [7, 11) is 1.12. The molecule has 1 amide bonds. The lowest BCUT2D eigenvalue weighted by atomic mass is 9.86. The molecule has 0 bridgehead atoms. The van der Waals surface area contributed by atoms with Gasteiger partial charge in [-0.05, 0) is 44.5 Å². The number of esters is 1. The number of halogens is 3. The van der Waals surface area contributed by atoms with Crippen molar-refractivity contribution in [1.29, 1.82) is 0 Å². The average Bonchev–Trinajstić information content (AvgIpc) is 3.28. The number of aromatic nitrogens is 1. The third-order valence-electron chi connectivity index (χ3n) is 7.01. The number of fused-ring (bicyclic) bond motifs is 3. The van der Waals surface area contributed by atoms with Gasteiger partial charge in [0.25, 0.3) is 0 Å². The van der Waals surface area contributed by atoms with E-state index in [4.69, 9.17) is 18.9 Å². The number of rotatable bonds is 4. The van der Waals surface area contributed by atoms with Crippen LogP contribution in [0.15, 0.2) is 48.5 Å². The minimum Gasteiger partial charge on any atom is -0.489 e. The maximum atomic E-state index is 14.3. The van der Waals surface area contributed by atoms with Crippen LogP contribution in [0.3, 0.4) is 0 Å². The molecule has 2 aromatic carbocycles. The van der Waals surface area contributed by atoms with Crippen LogP contribution in [0.2, 0.25) is 0 Å². The number of Topliss-reactive ketones (excluding diaryl/α,β-unsaturated/α-hetero) is 1. The fraction of sp³-hybridized carbons (Fsp3) is 0.400. The minimum absolute atomic E-state index is 0.0599. The second kappa shape index (κ2) is 10.5. The molecule has 3 aromatic rings. The van der Waals surface area contributed by atoms with Gasteiger partial charge < -0.3 is 18.9 Å². The zero-order valence-electron chi connectivity index (χ0n) is 23.4. The molecule has 3 heterocycles. The van der Waals surface area contributed by atoms with Crippen molar-refractivity contribution >= 4 is 28.7 Å². The highest BCUT2D eigenvalue weighted by molar-refractivity contribution is 6.11. The van der Waals surface area contributed by atoms with Gasteiger partial charge in [-0.1, -0.05) is 30.3 Å². The molecule has 0 N–H and O–H groups in total. The molecule has 0 aliphatic carbocycles. The van der Waals surface area contributed by atoms with E-state index in [1.54, 1.807) is 20.8 Å². The molecule has 1 aromatic heterocycles. The minimum atomic E-state index is -4.97. The highest BCUT2D eigenvalue weighted by Crippen LogP contribution is 2.48. The quantitative estimate of drug-likeness (QED) is 0.358. The topological polar surface area (TPSA) is 104 Å². The van der Waals surface area contributed by atoms with E-state index in [1.165, 1.54) is 18.2 Å². The maximum absolute atomic E-state index is 14.3. The summed E-state index contributed by atoms with van der Waals surface area (Å²) in [6.07, 6.45) is -6.52. The van der Waals surface area contributed by atoms with Gasteiger partial charge in [-0.2, -0.15) is 13.2 Å². The first kappa shape index (κ1) is 29.2. The van der Waals surface area contributed by atoms with Gasteiger partial charge in [-0.15, -0.1) is 0 Å². The van der Waals surface area contributed by atoms with E-state index in [9.17, 15) is 27.6 Å². The number of methoxy groups -OCH3 is 1. The van der Waals surface area contributed by atoms with Gasteiger partial charge in [0, 0.05) is 11.8 Å². The molecule has 2 aliphatic rings. The fourth-order valence-corrected chi connectivity index (χ4v) is 5.27. The summed E-state index contributed by atoms with van der Waals surface area (Å²) in [4.78, 5) is 44.2. The number of hydrogen-bond acceptors (Lipinski definition) is 8. The Labute approximate surface area is 239 Å². The van der Waals surface area contributed by atoms with Crippen LogP contribution < -0.4 is 9.47 Å². The maximum Gasteiger partial charge on any atom is 0.437 e. The zero-order valence-corrected chi connectivity index (χ0v) is 23.4. The van der Waals surface area contributed by atoms with Crippen molar-refractivity contribution in [3.63, 3.8) is 0 Å². The molecule has 5 rings (SSSR count). The van der Waals surface area contributed by atoms with Crippen LogP contribution in [0.5, 0.6) is 11.5 Å². The number of amides is 1. The van der Waals surface area contributed by atoms with Crippen LogP contribution in [0.25, 0.3) is 10.9 Å². The molecule has 12 heteroatoms. The average molecular weight is 587 g/mol. The van der Waals surface area contributed by atoms with Crippen molar-refractivity contribution in [2.75, 3.05) is 13.7 Å². The monoisotopic (exact) mass is 586 g/mol. The Kier molecular flexibility index (Phi) is 7.28. The summed E-state index contributed by atoms with van der Waals surface area (Å²) >= 11 is 0. The van der Waals surface area contributed by atoms with Crippen molar-refractivity contribution in [3.8, 4) is 11.5 Å². The molecule has 0 saturated carbocycles. The van der Waals surface area contributed by atoms with Crippen molar-refractivity contribution in [3.05, 3.63) is 65.4 Å². The number of benzene rings is 2. The highest BCUT2D eigenvalue weighted by Gasteiger charge is 2.56. The Hall–Kier alpha value is -4.35. The van der Waals surface area contributed by atoms with Crippen LogP contribution >= 0.6 is 0 Å². The number of hydrogen-bond donors (Lipinski definition) is 0. The van der Waals surface area contributed by atoms with E-state index in [1.807, 2.05) is 30.3 Å². The molecule has 2 aliphatic heterocycles.